The Bertz CT molecular complexity index is 882. The van der Waals surface area contributed by atoms with Crippen molar-refractivity contribution in [2.75, 3.05) is 26.2 Å². The number of hydrogen-bond donors (Lipinski definition) is 6. The summed E-state index contributed by atoms with van der Waals surface area (Å²) in [5.74, 6) is -2.48. The van der Waals surface area contributed by atoms with Gasteiger partial charge in [0.2, 0.25) is 5.54 Å². The number of hydrogen-bond acceptors (Lipinski definition) is 10. The summed E-state index contributed by atoms with van der Waals surface area (Å²) < 4.78 is 5.07. The largest absolute Gasteiger partial charge is 0.479 e. The highest BCUT2D eigenvalue weighted by atomic mass is 16.7. The third kappa shape index (κ3) is 7.14. The predicted molar refractivity (Wildman–Crippen MR) is 122 cm³/mol. The second-order valence-electron chi connectivity index (χ2n) is 8.29. The Kier molecular flexibility index (Phi) is 9.19. The standard InChI is InChI=1S/C22H32N6O6/c23-22(19(30)31,20(32)33-13-15-6-2-1-3-7-15)14-27-18(29)17-12-16(28-34-17)8-4-9-24-21-25-10-5-11-26-21/h1-3,6-7,16-17,28H,4-5,8-14,23H2,(H,27,29)(H,30,31)(H2,24,25,26)/t16-,17+,22-/m0/s1. The van der Waals surface area contributed by atoms with E-state index in [9.17, 15) is 19.5 Å². The smallest absolute Gasteiger partial charge is 0.340 e. The maximum atomic E-state index is 12.5. The minimum absolute atomic E-state index is 0.0308. The van der Waals surface area contributed by atoms with E-state index in [4.69, 9.17) is 15.3 Å². The van der Waals surface area contributed by atoms with Crippen LogP contribution in [0.25, 0.3) is 0 Å². The van der Waals surface area contributed by atoms with E-state index in [1.54, 1.807) is 30.3 Å². The fourth-order valence-corrected chi connectivity index (χ4v) is 3.50. The summed E-state index contributed by atoms with van der Waals surface area (Å²) in [6.45, 7) is 1.71. The molecule has 0 saturated carbocycles. The van der Waals surface area contributed by atoms with Crippen molar-refractivity contribution >= 4 is 23.8 Å². The molecule has 34 heavy (non-hydrogen) atoms. The van der Waals surface area contributed by atoms with Crippen LogP contribution in [0.4, 0.5) is 0 Å². The van der Waals surface area contributed by atoms with Crippen LogP contribution in [-0.4, -0.2) is 72.8 Å². The molecule has 3 atom stereocenters. The zero-order chi connectivity index (χ0) is 24.4. The Morgan fingerprint density at radius 1 is 1.29 bits per heavy atom. The monoisotopic (exact) mass is 476 g/mol. The molecule has 0 unspecified atom stereocenters. The number of guanidine groups is 1. The molecule has 1 aromatic carbocycles. The minimum Gasteiger partial charge on any atom is -0.479 e. The number of nitrogens with zero attached hydrogens (tertiary/aromatic N) is 1. The normalized spacial score (nSPS) is 21.5. The molecular formula is C22H32N6O6. The third-order valence-corrected chi connectivity index (χ3v) is 5.59. The van der Waals surface area contributed by atoms with Gasteiger partial charge in [-0.05, 0) is 24.8 Å². The average Bonchev–Trinajstić information content (AvgIpc) is 3.33. The molecule has 1 amide bonds. The van der Waals surface area contributed by atoms with Crippen LogP contribution in [0.2, 0.25) is 0 Å². The highest BCUT2D eigenvalue weighted by Gasteiger charge is 2.45. The molecular weight excluding hydrogens is 444 g/mol. The number of hydroxylamine groups is 1. The van der Waals surface area contributed by atoms with Crippen molar-refractivity contribution in [3.63, 3.8) is 0 Å². The molecule has 1 fully saturated rings. The van der Waals surface area contributed by atoms with Gasteiger partial charge in [0.25, 0.3) is 5.91 Å². The number of benzene rings is 1. The third-order valence-electron chi connectivity index (χ3n) is 5.59. The van der Waals surface area contributed by atoms with Gasteiger partial charge in [0.05, 0.1) is 6.54 Å². The maximum absolute atomic E-state index is 12.5. The Hall–Kier alpha value is -3.22. The van der Waals surface area contributed by atoms with Crippen LogP contribution >= 0.6 is 0 Å². The fourth-order valence-electron chi connectivity index (χ4n) is 3.50. The van der Waals surface area contributed by atoms with Gasteiger partial charge in [-0.1, -0.05) is 30.3 Å². The summed E-state index contributed by atoms with van der Waals surface area (Å²) in [6.07, 6.45) is 2.24. The number of carbonyl (C=O) groups is 3. The molecule has 12 nitrogen and oxygen atoms in total. The molecule has 0 bridgehead atoms. The lowest BCUT2D eigenvalue weighted by Crippen LogP contribution is -2.62. The molecule has 3 rings (SSSR count). The topological polar surface area (TPSA) is 176 Å². The number of nitrogens with one attached hydrogen (secondary N) is 4. The summed E-state index contributed by atoms with van der Waals surface area (Å²) in [6, 6.07) is 8.75. The summed E-state index contributed by atoms with van der Waals surface area (Å²) in [5.41, 5.74) is 6.90. The lowest BCUT2D eigenvalue weighted by atomic mass is 10.0. The van der Waals surface area contributed by atoms with Gasteiger partial charge in [-0.25, -0.2) is 9.59 Å². The number of nitrogens with two attached hydrogens (primary N) is 1. The average molecular weight is 477 g/mol. The number of carbonyl (C=O) groups excluding carboxylic acids is 2. The van der Waals surface area contributed by atoms with Crippen LogP contribution in [0.1, 0.15) is 31.2 Å². The number of amides is 1. The van der Waals surface area contributed by atoms with E-state index >= 15 is 0 Å². The van der Waals surface area contributed by atoms with Crippen LogP contribution in [0.15, 0.2) is 35.3 Å². The highest BCUT2D eigenvalue weighted by molar-refractivity contribution is 6.04. The zero-order valence-corrected chi connectivity index (χ0v) is 18.9. The minimum atomic E-state index is -2.42. The van der Waals surface area contributed by atoms with Crippen molar-refractivity contribution in [3.05, 3.63) is 35.9 Å². The van der Waals surface area contributed by atoms with Crippen LogP contribution in [0.3, 0.4) is 0 Å². The first-order valence-corrected chi connectivity index (χ1v) is 11.3. The molecule has 7 N–H and O–H groups in total. The lowest BCUT2D eigenvalue weighted by molar-refractivity contribution is -0.161. The SMILES string of the molecule is N[C@@](CNC(=O)[C@H]1C[C@H](CCCNC2=NCCCN2)NO1)(C(=O)O)C(=O)OCc1ccccc1. The van der Waals surface area contributed by atoms with Gasteiger partial charge in [-0.15, -0.1) is 0 Å². The second-order valence-corrected chi connectivity index (χ2v) is 8.29. The van der Waals surface area contributed by atoms with Crippen molar-refractivity contribution in [2.45, 2.75) is 50.0 Å². The highest BCUT2D eigenvalue weighted by Crippen LogP contribution is 2.15. The Labute approximate surface area is 197 Å². The number of aliphatic carboxylic acids is 1. The van der Waals surface area contributed by atoms with Gasteiger partial charge in [0, 0.05) is 32.1 Å². The van der Waals surface area contributed by atoms with Crippen LogP contribution in [-0.2, 0) is 30.6 Å². The molecule has 0 spiro atoms. The Morgan fingerprint density at radius 3 is 2.79 bits per heavy atom. The molecule has 2 aliphatic heterocycles. The van der Waals surface area contributed by atoms with Gasteiger partial charge >= 0.3 is 11.9 Å². The van der Waals surface area contributed by atoms with Gasteiger partial charge in [-0.2, -0.15) is 5.48 Å². The zero-order valence-electron chi connectivity index (χ0n) is 18.9. The molecule has 186 valence electrons. The number of rotatable bonds is 11. The van der Waals surface area contributed by atoms with E-state index in [1.807, 2.05) is 0 Å². The van der Waals surface area contributed by atoms with Crippen molar-refractivity contribution in [2.24, 2.45) is 10.7 Å². The number of esters is 1. The second kappa shape index (κ2) is 12.3. The van der Waals surface area contributed by atoms with E-state index in [1.165, 1.54) is 0 Å². The van der Waals surface area contributed by atoms with E-state index in [0.29, 0.717) is 12.0 Å². The van der Waals surface area contributed by atoms with E-state index < -0.39 is 36.0 Å². The van der Waals surface area contributed by atoms with Crippen molar-refractivity contribution < 1.29 is 29.1 Å². The molecule has 1 aromatic rings. The number of ether oxygens (including phenoxy) is 1. The van der Waals surface area contributed by atoms with Crippen molar-refractivity contribution in [1.29, 1.82) is 0 Å². The first-order valence-electron chi connectivity index (χ1n) is 11.3. The molecule has 0 aromatic heterocycles. The summed E-state index contributed by atoms with van der Waals surface area (Å²) in [4.78, 5) is 46.2. The number of carboxylic acids is 1. The van der Waals surface area contributed by atoms with Crippen molar-refractivity contribution in [3.8, 4) is 0 Å². The first-order chi connectivity index (χ1) is 16.4. The van der Waals surface area contributed by atoms with E-state index in [-0.39, 0.29) is 12.6 Å². The molecule has 1 saturated heterocycles. The van der Waals surface area contributed by atoms with Crippen LogP contribution in [0.5, 0.6) is 0 Å². The number of aliphatic imine (C=N–C) groups is 1. The van der Waals surface area contributed by atoms with Crippen molar-refractivity contribution in [1.82, 2.24) is 21.4 Å². The lowest BCUT2D eigenvalue weighted by Gasteiger charge is -2.23. The van der Waals surface area contributed by atoms with Gasteiger partial charge in [0.15, 0.2) is 12.1 Å². The maximum Gasteiger partial charge on any atom is 0.340 e. The summed E-state index contributed by atoms with van der Waals surface area (Å²) in [7, 11) is 0. The molecule has 2 heterocycles. The van der Waals surface area contributed by atoms with Gasteiger partial charge in [-0.3, -0.25) is 14.6 Å². The van der Waals surface area contributed by atoms with Gasteiger partial charge < -0.3 is 31.5 Å². The fraction of sp³-hybridized carbons (Fsp3) is 0.545. The first kappa shape index (κ1) is 25.4. The Morgan fingerprint density at radius 2 is 2.09 bits per heavy atom. The predicted octanol–water partition coefficient (Wildman–Crippen LogP) is -0.991. The van der Waals surface area contributed by atoms with E-state index in [2.05, 4.69) is 26.4 Å². The summed E-state index contributed by atoms with van der Waals surface area (Å²) in [5, 5.41) is 18.3. The molecule has 0 aliphatic carbocycles. The van der Waals surface area contributed by atoms with Gasteiger partial charge in [0.1, 0.15) is 6.61 Å². The van der Waals surface area contributed by atoms with Crippen LogP contribution < -0.4 is 27.2 Å². The quantitative estimate of drug-likeness (QED) is 0.132. The molecule has 12 heteroatoms. The molecule has 0 radical (unpaired) electrons. The molecule has 2 aliphatic rings. The Balaban J connectivity index is 1.39. The summed E-state index contributed by atoms with van der Waals surface area (Å²) >= 11 is 0. The van der Waals surface area contributed by atoms with E-state index in [0.717, 1.165) is 44.9 Å². The number of carboxylic acid groups (broad SMARTS) is 1. The van der Waals surface area contributed by atoms with Crippen LogP contribution in [0, 0.1) is 0 Å².